The lowest BCUT2D eigenvalue weighted by Crippen LogP contribution is -2.39. The number of amides is 1. The second-order valence-electron chi connectivity index (χ2n) is 4.72. The van der Waals surface area contributed by atoms with Crippen molar-refractivity contribution in [2.75, 3.05) is 6.54 Å². The van der Waals surface area contributed by atoms with Crippen molar-refractivity contribution in [3.63, 3.8) is 0 Å². The zero-order valence-corrected chi connectivity index (χ0v) is 9.90. The van der Waals surface area contributed by atoms with Gasteiger partial charge < -0.3 is 5.32 Å². The summed E-state index contributed by atoms with van der Waals surface area (Å²) in [6, 6.07) is 0. The largest absolute Gasteiger partial charge is 0.354 e. The predicted molar refractivity (Wildman–Crippen MR) is 56.9 cm³/mol. The second-order valence-corrected chi connectivity index (χ2v) is 5.28. The SMILES string of the molecule is CC(C)C(Cl)CNC(=O)C(C)(C)C. The molecule has 1 N–H and O–H groups in total. The Morgan fingerprint density at radius 1 is 1.38 bits per heavy atom. The quantitative estimate of drug-likeness (QED) is 0.705. The summed E-state index contributed by atoms with van der Waals surface area (Å²) in [6.07, 6.45) is 0. The van der Waals surface area contributed by atoms with Crippen LogP contribution in [0.1, 0.15) is 34.6 Å². The zero-order chi connectivity index (χ0) is 10.6. The Kier molecular flexibility index (Phi) is 4.76. The van der Waals surface area contributed by atoms with Crippen molar-refractivity contribution < 1.29 is 4.79 Å². The minimum atomic E-state index is -0.326. The van der Waals surface area contributed by atoms with E-state index >= 15 is 0 Å². The number of carbonyl (C=O) groups excluding carboxylic acids is 1. The lowest BCUT2D eigenvalue weighted by Gasteiger charge is -2.20. The Morgan fingerprint density at radius 3 is 2.15 bits per heavy atom. The second kappa shape index (κ2) is 4.85. The van der Waals surface area contributed by atoms with Gasteiger partial charge in [-0.25, -0.2) is 0 Å². The van der Waals surface area contributed by atoms with Gasteiger partial charge in [-0.2, -0.15) is 0 Å². The molecule has 0 fully saturated rings. The molecule has 0 spiro atoms. The summed E-state index contributed by atoms with van der Waals surface area (Å²) in [7, 11) is 0. The Balaban J connectivity index is 3.84. The van der Waals surface area contributed by atoms with Gasteiger partial charge in [-0.05, 0) is 5.92 Å². The van der Waals surface area contributed by atoms with Crippen molar-refractivity contribution in [1.29, 1.82) is 0 Å². The van der Waals surface area contributed by atoms with E-state index in [0.717, 1.165) is 0 Å². The van der Waals surface area contributed by atoms with Crippen LogP contribution >= 0.6 is 11.6 Å². The molecule has 2 nitrogen and oxygen atoms in total. The van der Waals surface area contributed by atoms with Crippen molar-refractivity contribution in [2.45, 2.75) is 40.0 Å². The first kappa shape index (κ1) is 12.8. The van der Waals surface area contributed by atoms with E-state index in [0.29, 0.717) is 12.5 Å². The van der Waals surface area contributed by atoms with Crippen LogP contribution in [0.2, 0.25) is 0 Å². The molecule has 78 valence electrons. The molecule has 0 aromatic rings. The molecule has 0 aliphatic heterocycles. The number of halogens is 1. The lowest BCUT2D eigenvalue weighted by molar-refractivity contribution is -0.128. The van der Waals surface area contributed by atoms with Gasteiger partial charge in [-0.3, -0.25) is 4.79 Å². The smallest absolute Gasteiger partial charge is 0.225 e. The highest BCUT2D eigenvalue weighted by molar-refractivity contribution is 6.21. The third-order valence-corrected chi connectivity index (χ3v) is 2.52. The maximum atomic E-state index is 11.4. The topological polar surface area (TPSA) is 29.1 Å². The van der Waals surface area contributed by atoms with Crippen molar-refractivity contribution in [1.82, 2.24) is 5.32 Å². The van der Waals surface area contributed by atoms with Crippen LogP contribution in [-0.4, -0.2) is 17.8 Å². The molecular formula is C10H20ClNO. The number of nitrogens with one attached hydrogen (secondary N) is 1. The van der Waals surface area contributed by atoms with E-state index in [-0.39, 0.29) is 16.7 Å². The van der Waals surface area contributed by atoms with E-state index in [4.69, 9.17) is 11.6 Å². The molecule has 3 heteroatoms. The fourth-order valence-electron chi connectivity index (χ4n) is 0.691. The Labute approximate surface area is 86.0 Å². The molecule has 0 saturated carbocycles. The van der Waals surface area contributed by atoms with Crippen LogP contribution in [0, 0.1) is 11.3 Å². The summed E-state index contributed by atoms with van der Waals surface area (Å²) >= 11 is 6.00. The average molecular weight is 206 g/mol. The first-order chi connectivity index (χ1) is 5.75. The molecule has 13 heavy (non-hydrogen) atoms. The average Bonchev–Trinajstić information content (AvgIpc) is 1.97. The Hall–Kier alpha value is -0.240. The number of hydrogen-bond donors (Lipinski definition) is 1. The molecular weight excluding hydrogens is 186 g/mol. The number of alkyl halides is 1. The molecule has 0 saturated heterocycles. The van der Waals surface area contributed by atoms with E-state index in [1.807, 2.05) is 34.6 Å². The Bertz CT molecular complexity index is 172. The lowest BCUT2D eigenvalue weighted by atomic mass is 9.95. The molecule has 1 amide bonds. The van der Waals surface area contributed by atoms with Crippen LogP contribution in [-0.2, 0) is 4.79 Å². The van der Waals surface area contributed by atoms with Crippen LogP contribution in [0.4, 0.5) is 0 Å². The maximum Gasteiger partial charge on any atom is 0.225 e. The van der Waals surface area contributed by atoms with Gasteiger partial charge in [0.25, 0.3) is 0 Å². The molecule has 1 unspecified atom stereocenters. The predicted octanol–water partition coefficient (Wildman–Crippen LogP) is 2.41. The van der Waals surface area contributed by atoms with Crippen molar-refractivity contribution in [3.8, 4) is 0 Å². The van der Waals surface area contributed by atoms with E-state index in [1.165, 1.54) is 0 Å². The number of carbonyl (C=O) groups is 1. The molecule has 0 aliphatic carbocycles. The molecule has 0 aromatic carbocycles. The van der Waals surface area contributed by atoms with Crippen LogP contribution in [0.5, 0.6) is 0 Å². The third-order valence-electron chi connectivity index (χ3n) is 1.86. The van der Waals surface area contributed by atoms with Gasteiger partial charge in [0.1, 0.15) is 0 Å². The summed E-state index contributed by atoms with van der Waals surface area (Å²) in [5, 5.41) is 2.85. The summed E-state index contributed by atoms with van der Waals surface area (Å²) in [6.45, 7) is 10.3. The summed E-state index contributed by atoms with van der Waals surface area (Å²) in [5.41, 5.74) is -0.326. The first-order valence-electron chi connectivity index (χ1n) is 4.67. The van der Waals surface area contributed by atoms with Crippen LogP contribution in [0.15, 0.2) is 0 Å². The van der Waals surface area contributed by atoms with E-state index in [1.54, 1.807) is 0 Å². The Morgan fingerprint density at radius 2 is 1.85 bits per heavy atom. The van der Waals surface area contributed by atoms with Gasteiger partial charge in [-0.1, -0.05) is 34.6 Å². The van der Waals surface area contributed by atoms with E-state index in [9.17, 15) is 4.79 Å². The van der Waals surface area contributed by atoms with E-state index < -0.39 is 0 Å². The van der Waals surface area contributed by atoms with Gasteiger partial charge in [0.05, 0.1) is 5.38 Å². The first-order valence-corrected chi connectivity index (χ1v) is 5.11. The zero-order valence-electron chi connectivity index (χ0n) is 9.15. The van der Waals surface area contributed by atoms with Gasteiger partial charge in [0.15, 0.2) is 0 Å². The molecule has 0 rings (SSSR count). The van der Waals surface area contributed by atoms with E-state index in [2.05, 4.69) is 5.32 Å². The minimum Gasteiger partial charge on any atom is -0.354 e. The minimum absolute atomic E-state index is 0.0197. The van der Waals surface area contributed by atoms with Crippen molar-refractivity contribution in [2.24, 2.45) is 11.3 Å². The molecule has 0 bridgehead atoms. The van der Waals surface area contributed by atoms with Gasteiger partial charge in [0.2, 0.25) is 5.91 Å². The molecule has 0 heterocycles. The molecule has 0 aliphatic rings. The van der Waals surface area contributed by atoms with Gasteiger partial charge in [0, 0.05) is 12.0 Å². The maximum absolute atomic E-state index is 11.4. The number of hydrogen-bond acceptors (Lipinski definition) is 1. The molecule has 1 atom stereocenters. The standard InChI is InChI=1S/C10H20ClNO/c1-7(2)8(11)6-12-9(13)10(3,4)5/h7-8H,6H2,1-5H3,(H,12,13). The fraction of sp³-hybridized carbons (Fsp3) is 0.900. The van der Waals surface area contributed by atoms with Crippen LogP contribution in [0.25, 0.3) is 0 Å². The third kappa shape index (κ3) is 5.14. The summed E-state index contributed by atoms with van der Waals surface area (Å²) < 4.78 is 0. The normalized spacial score (nSPS) is 14.4. The van der Waals surface area contributed by atoms with Crippen LogP contribution < -0.4 is 5.32 Å². The van der Waals surface area contributed by atoms with Crippen molar-refractivity contribution >= 4 is 17.5 Å². The van der Waals surface area contributed by atoms with Crippen molar-refractivity contribution in [3.05, 3.63) is 0 Å². The van der Waals surface area contributed by atoms with Gasteiger partial charge in [-0.15, -0.1) is 11.6 Å². The molecule has 0 aromatic heterocycles. The highest BCUT2D eigenvalue weighted by atomic mass is 35.5. The fourth-order valence-corrected chi connectivity index (χ4v) is 0.768. The summed E-state index contributed by atoms with van der Waals surface area (Å²) in [5.74, 6) is 0.445. The highest BCUT2D eigenvalue weighted by Gasteiger charge is 2.21. The highest BCUT2D eigenvalue weighted by Crippen LogP contribution is 2.13. The van der Waals surface area contributed by atoms with Crippen LogP contribution in [0.3, 0.4) is 0 Å². The van der Waals surface area contributed by atoms with Gasteiger partial charge >= 0.3 is 0 Å². The monoisotopic (exact) mass is 205 g/mol. The number of rotatable bonds is 3. The summed E-state index contributed by atoms with van der Waals surface area (Å²) in [4.78, 5) is 11.4. The molecule has 0 radical (unpaired) electrons.